The van der Waals surface area contributed by atoms with Gasteiger partial charge >= 0.3 is 0 Å². The fourth-order valence-corrected chi connectivity index (χ4v) is 2.83. The summed E-state index contributed by atoms with van der Waals surface area (Å²) in [7, 11) is 0. The first-order valence-electron chi connectivity index (χ1n) is 5.40. The molecule has 2 rings (SSSR count). The summed E-state index contributed by atoms with van der Waals surface area (Å²) < 4.78 is 0. The third kappa shape index (κ3) is 1.12. The molecule has 0 bridgehead atoms. The minimum absolute atomic E-state index is 0.949. The van der Waals surface area contributed by atoms with E-state index in [2.05, 4.69) is 20.4 Å². The molecule has 4 unspecified atom stereocenters. The third-order valence-corrected chi connectivity index (χ3v) is 4.10. The minimum atomic E-state index is 0.949. The van der Waals surface area contributed by atoms with Crippen molar-refractivity contribution in [3.05, 3.63) is 12.2 Å². The second-order valence-electron chi connectivity index (χ2n) is 4.88. The molecule has 2 fully saturated rings. The zero-order valence-electron chi connectivity index (χ0n) is 8.34. The maximum absolute atomic E-state index is 4.08. The summed E-state index contributed by atoms with van der Waals surface area (Å²) in [5, 5.41) is 0. The van der Waals surface area contributed by atoms with E-state index < -0.39 is 0 Å². The molecule has 0 N–H and O–H groups in total. The van der Waals surface area contributed by atoms with Gasteiger partial charge in [0.25, 0.3) is 0 Å². The van der Waals surface area contributed by atoms with Gasteiger partial charge in [-0.15, -0.1) is 0 Å². The predicted molar refractivity (Wildman–Crippen MR) is 52.9 cm³/mol. The molecule has 0 spiro atoms. The van der Waals surface area contributed by atoms with Crippen LogP contribution in [0, 0.1) is 23.7 Å². The van der Waals surface area contributed by atoms with E-state index in [0.29, 0.717) is 0 Å². The van der Waals surface area contributed by atoms with Crippen LogP contribution in [0.1, 0.15) is 39.5 Å². The van der Waals surface area contributed by atoms with Gasteiger partial charge in [0.05, 0.1) is 0 Å². The van der Waals surface area contributed by atoms with Crippen LogP contribution in [0.25, 0.3) is 0 Å². The summed E-state index contributed by atoms with van der Waals surface area (Å²) in [6, 6.07) is 0. The van der Waals surface area contributed by atoms with Gasteiger partial charge in [-0.05, 0) is 42.9 Å². The summed E-state index contributed by atoms with van der Waals surface area (Å²) in [6.07, 6.45) is 5.65. The maximum atomic E-state index is 4.08. The number of rotatable bonds is 3. The highest BCUT2D eigenvalue weighted by Gasteiger charge is 2.49. The quantitative estimate of drug-likeness (QED) is 0.559. The predicted octanol–water partition coefficient (Wildman–Crippen LogP) is 3.63. The molecule has 0 nitrogen and oxygen atoms in total. The Labute approximate surface area is 76.1 Å². The number of allylic oxidation sites excluding steroid dienone is 1. The number of hydrogen-bond donors (Lipinski definition) is 0. The summed E-state index contributed by atoms with van der Waals surface area (Å²) >= 11 is 0. The lowest BCUT2D eigenvalue weighted by Gasteiger charge is -2.55. The molecule has 68 valence electrons. The molecule has 0 aromatic heterocycles. The SMILES string of the molecule is C=C1CC2C(CC(C)CC)CC12. The van der Waals surface area contributed by atoms with Crippen LogP contribution in [0.2, 0.25) is 0 Å². The van der Waals surface area contributed by atoms with Crippen LogP contribution in [0.3, 0.4) is 0 Å². The summed E-state index contributed by atoms with van der Waals surface area (Å²) in [4.78, 5) is 0. The van der Waals surface area contributed by atoms with Crippen molar-refractivity contribution in [1.82, 2.24) is 0 Å². The zero-order valence-corrected chi connectivity index (χ0v) is 8.34. The highest BCUT2D eigenvalue weighted by molar-refractivity contribution is 5.21. The number of fused-ring (bicyclic) bond motifs is 1. The smallest absolute Gasteiger partial charge is 0.0169 e. The summed E-state index contributed by atoms with van der Waals surface area (Å²) in [5.74, 6) is 4.03. The topological polar surface area (TPSA) is 0 Å². The lowest BCUT2D eigenvalue weighted by Crippen LogP contribution is -2.46. The second-order valence-corrected chi connectivity index (χ2v) is 4.88. The van der Waals surface area contributed by atoms with E-state index in [1.165, 1.54) is 25.7 Å². The van der Waals surface area contributed by atoms with Gasteiger partial charge in [0, 0.05) is 0 Å². The van der Waals surface area contributed by atoms with Gasteiger partial charge in [-0.2, -0.15) is 0 Å². The van der Waals surface area contributed by atoms with Crippen LogP contribution in [-0.2, 0) is 0 Å². The molecule has 0 aromatic rings. The van der Waals surface area contributed by atoms with Crippen LogP contribution in [0.5, 0.6) is 0 Å². The zero-order chi connectivity index (χ0) is 8.72. The molecular weight excluding hydrogens is 144 g/mol. The molecule has 2 saturated carbocycles. The normalized spacial score (nSPS) is 41.2. The average molecular weight is 164 g/mol. The Hall–Kier alpha value is -0.260. The van der Waals surface area contributed by atoms with Crippen molar-refractivity contribution in [2.45, 2.75) is 39.5 Å². The minimum Gasteiger partial charge on any atom is -0.0996 e. The second kappa shape index (κ2) is 2.90. The highest BCUT2D eigenvalue weighted by Crippen LogP contribution is 2.58. The van der Waals surface area contributed by atoms with E-state index in [4.69, 9.17) is 0 Å². The Kier molecular flexibility index (Phi) is 2.02. The van der Waals surface area contributed by atoms with Gasteiger partial charge in [-0.3, -0.25) is 0 Å². The van der Waals surface area contributed by atoms with Crippen molar-refractivity contribution in [2.24, 2.45) is 23.7 Å². The molecule has 0 aliphatic heterocycles. The van der Waals surface area contributed by atoms with Gasteiger partial charge in [-0.1, -0.05) is 32.4 Å². The first kappa shape index (κ1) is 8.34. The first-order valence-corrected chi connectivity index (χ1v) is 5.40. The van der Waals surface area contributed by atoms with Gasteiger partial charge in [0.1, 0.15) is 0 Å². The highest BCUT2D eigenvalue weighted by atomic mass is 14.5. The van der Waals surface area contributed by atoms with Gasteiger partial charge in [0.2, 0.25) is 0 Å². The monoisotopic (exact) mass is 164 g/mol. The molecule has 0 amide bonds. The Morgan fingerprint density at radius 3 is 2.75 bits per heavy atom. The largest absolute Gasteiger partial charge is 0.0996 e. The molecule has 12 heavy (non-hydrogen) atoms. The third-order valence-electron chi connectivity index (χ3n) is 4.10. The van der Waals surface area contributed by atoms with Crippen molar-refractivity contribution in [3.8, 4) is 0 Å². The van der Waals surface area contributed by atoms with Crippen molar-refractivity contribution in [3.63, 3.8) is 0 Å². The van der Waals surface area contributed by atoms with Crippen LogP contribution in [0.15, 0.2) is 12.2 Å². The van der Waals surface area contributed by atoms with Crippen molar-refractivity contribution < 1.29 is 0 Å². The molecule has 0 radical (unpaired) electrons. The van der Waals surface area contributed by atoms with E-state index in [-0.39, 0.29) is 0 Å². The first-order chi connectivity index (χ1) is 5.72. The van der Waals surface area contributed by atoms with Gasteiger partial charge in [-0.25, -0.2) is 0 Å². The standard InChI is InChI=1S/C12H20/c1-4-8(2)5-10-7-11-9(3)6-12(10)11/h8,10-12H,3-7H2,1-2H3. The van der Waals surface area contributed by atoms with E-state index in [1.807, 2.05) is 0 Å². The summed E-state index contributed by atoms with van der Waals surface area (Å²) in [6.45, 7) is 8.77. The Balaban J connectivity index is 1.76. The molecule has 4 atom stereocenters. The Morgan fingerprint density at radius 1 is 1.58 bits per heavy atom. The van der Waals surface area contributed by atoms with Crippen molar-refractivity contribution in [2.75, 3.05) is 0 Å². The van der Waals surface area contributed by atoms with E-state index in [1.54, 1.807) is 5.57 Å². The molecule has 2 aliphatic carbocycles. The summed E-state index contributed by atoms with van der Waals surface area (Å²) in [5.41, 5.74) is 1.54. The van der Waals surface area contributed by atoms with E-state index in [0.717, 1.165) is 23.7 Å². The van der Waals surface area contributed by atoms with Crippen LogP contribution in [-0.4, -0.2) is 0 Å². The fraction of sp³-hybridized carbons (Fsp3) is 0.833. The Bertz CT molecular complexity index is 192. The molecule has 0 saturated heterocycles. The van der Waals surface area contributed by atoms with Crippen LogP contribution in [0.4, 0.5) is 0 Å². The molecule has 0 heterocycles. The molecule has 0 heteroatoms. The van der Waals surface area contributed by atoms with Gasteiger partial charge < -0.3 is 0 Å². The van der Waals surface area contributed by atoms with Crippen LogP contribution < -0.4 is 0 Å². The molecule has 2 aliphatic rings. The lowest BCUT2D eigenvalue weighted by atomic mass is 9.50. The van der Waals surface area contributed by atoms with Crippen LogP contribution >= 0.6 is 0 Å². The molecular formula is C12H20. The molecule has 0 aromatic carbocycles. The fourth-order valence-electron chi connectivity index (χ4n) is 2.83. The van der Waals surface area contributed by atoms with E-state index in [9.17, 15) is 0 Å². The van der Waals surface area contributed by atoms with Gasteiger partial charge in [0.15, 0.2) is 0 Å². The van der Waals surface area contributed by atoms with Crippen molar-refractivity contribution in [1.29, 1.82) is 0 Å². The average Bonchev–Trinajstić information content (AvgIpc) is 2.06. The van der Waals surface area contributed by atoms with E-state index >= 15 is 0 Å². The van der Waals surface area contributed by atoms with Crippen molar-refractivity contribution >= 4 is 0 Å². The number of hydrogen-bond acceptors (Lipinski definition) is 0. The lowest BCUT2D eigenvalue weighted by molar-refractivity contribution is 0.0201. The Morgan fingerprint density at radius 2 is 2.33 bits per heavy atom. The maximum Gasteiger partial charge on any atom is -0.0169 e.